The summed E-state index contributed by atoms with van der Waals surface area (Å²) in [7, 11) is 0. The lowest BCUT2D eigenvalue weighted by atomic mass is 10.2. The molecule has 0 saturated carbocycles. The maximum Gasteiger partial charge on any atom is 0.147 e. The van der Waals surface area contributed by atoms with E-state index in [9.17, 15) is 4.79 Å². The van der Waals surface area contributed by atoms with Crippen molar-refractivity contribution in [3.63, 3.8) is 0 Å². The van der Waals surface area contributed by atoms with E-state index >= 15 is 0 Å². The molecule has 2 nitrogen and oxygen atoms in total. The molecule has 0 amide bonds. The highest BCUT2D eigenvalue weighted by atomic mass is 16.1. The Morgan fingerprint density at radius 3 is 2.50 bits per heavy atom. The predicted molar refractivity (Wildman–Crippen MR) is 33.2 cm³/mol. The van der Waals surface area contributed by atoms with Gasteiger partial charge in [-0.05, 0) is 6.42 Å². The van der Waals surface area contributed by atoms with E-state index in [2.05, 4.69) is 0 Å². The Hall–Kier alpha value is -0.790. The second-order valence-corrected chi connectivity index (χ2v) is 1.61. The molecule has 0 rings (SSSR count). The van der Waals surface area contributed by atoms with Crippen molar-refractivity contribution in [2.24, 2.45) is 5.73 Å². The molecule has 0 saturated heterocycles. The van der Waals surface area contributed by atoms with Crippen LogP contribution in [0, 0.1) is 0 Å². The molecule has 0 unspecified atom stereocenters. The zero-order valence-electron chi connectivity index (χ0n) is 5.05. The predicted octanol–water partition coefficient (Wildman–Crippen LogP) is 0.828. The van der Waals surface area contributed by atoms with Crippen LogP contribution in [0.4, 0.5) is 0 Å². The van der Waals surface area contributed by atoms with Gasteiger partial charge in [0.2, 0.25) is 0 Å². The fraction of sp³-hybridized carbons (Fsp3) is 0.500. The minimum Gasteiger partial charge on any atom is -0.404 e. The summed E-state index contributed by atoms with van der Waals surface area (Å²) in [4.78, 5) is 9.98. The standard InChI is InChI=1S/C6H11NO/c1-2-3-6(4-7)5-8/h4-5H,2-3,7H2,1H3/b6-4+. The quantitative estimate of drug-likeness (QED) is 0.435. The van der Waals surface area contributed by atoms with Gasteiger partial charge in [-0.1, -0.05) is 13.3 Å². The minimum atomic E-state index is 0.688. The zero-order valence-corrected chi connectivity index (χ0v) is 5.05. The maximum atomic E-state index is 9.98. The van der Waals surface area contributed by atoms with Crippen molar-refractivity contribution < 1.29 is 4.79 Å². The molecule has 2 heteroatoms. The molecule has 0 atom stereocenters. The Labute approximate surface area is 49.4 Å². The van der Waals surface area contributed by atoms with Crippen LogP contribution in [-0.4, -0.2) is 6.29 Å². The van der Waals surface area contributed by atoms with Gasteiger partial charge in [0.05, 0.1) is 0 Å². The monoisotopic (exact) mass is 113 g/mol. The molecule has 0 spiro atoms. The van der Waals surface area contributed by atoms with Crippen molar-refractivity contribution in [1.82, 2.24) is 0 Å². The van der Waals surface area contributed by atoms with Crippen molar-refractivity contribution in [1.29, 1.82) is 0 Å². The molecular weight excluding hydrogens is 102 g/mol. The van der Waals surface area contributed by atoms with E-state index in [1.54, 1.807) is 0 Å². The van der Waals surface area contributed by atoms with E-state index in [1.807, 2.05) is 6.92 Å². The number of carbonyl (C=O) groups is 1. The van der Waals surface area contributed by atoms with Crippen molar-refractivity contribution in [3.8, 4) is 0 Å². The summed E-state index contributed by atoms with van der Waals surface area (Å²) in [6.45, 7) is 2.01. The van der Waals surface area contributed by atoms with Gasteiger partial charge in [-0.15, -0.1) is 0 Å². The van der Waals surface area contributed by atoms with Crippen LogP contribution in [0.25, 0.3) is 0 Å². The zero-order chi connectivity index (χ0) is 6.41. The van der Waals surface area contributed by atoms with Crippen LogP contribution >= 0.6 is 0 Å². The van der Waals surface area contributed by atoms with Gasteiger partial charge in [0, 0.05) is 11.8 Å². The Morgan fingerprint density at radius 2 is 2.38 bits per heavy atom. The lowest BCUT2D eigenvalue weighted by Gasteiger charge is -1.89. The van der Waals surface area contributed by atoms with Gasteiger partial charge in [-0.3, -0.25) is 4.79 Å². The fourth-order valence-corrected chi connectivity index (χ4v) is 0.470. The molecule has 0 aliphatic carbocycles. The summed E-state index contributed by atoms with van der Waals surface area (Å²) >= 11 is 0. The Morgan fingerprint density at radius 1 is 1.75 bits per heavy atom. The maximum absolute atomic E-state index is 9.98. The first kappa shape index (κ1) is 7.21. The Bertz CT molecular complexity index is 96.7. The van der Waals surface area contributed by atoms with Gasteiger partial charge in [0.15, 0.2) is 0 Å². The third kappa shape index (κ3) is 2.39. The largest absolute Gasteiger partial charge is 0.404 e. The smallest absolute Gasteiger partial charge is 0.147 e. The van der Waals surface area contributed by atoms with Gasteiger partial charge < -0.3 is 5.73 Å². The van der Waals surface area contributed by atoms with Crippen molar-refractivity contribution in [2.45, 2.75) is 19.8 Å². The van der Waals surface area contributed by atoms with E-state index in [0.29, 0.717) is 5.57 Å². The second kappa shape index (κ2) is 4.37. The lowest BCUT2D eigenvalue weighted by Crippen LogP contribution is -1.89. The van der Waals surface area contributed by atoms with Crippen LogP contribution in [0.15, 0.2) is 11.8 Å². The van der Waals surface area contributed by atoms with Crippen molar-refractivity contribution >= 4 is 6.29 Å². The number of carbonyl (C=O) groups excluding carboxylic acids is 1. The lowest BCUT2D eigenvalue weighted by molar-refractivity contribution is -0.105. The normalized spacial score (nSPS) is 11.4. The van der Waals surface area contributed by atoms with E-state index in [0.717, 1.165) is 19.1 Å². The van der Waals surface area contributed by atoms with Crippen molar-refractivity contribution in [2.75, 3.05) is 0 Å². The fourth-order valence-electron chi connectivity index (χ4n) is 0.470. The summed E-state index contributed by atoms with van der Waals surface area (Å²) in [5.74, 6) is 0. The molecule has 0 heterocycles. The van der Waals surface area contributed by atoms with Gasteiger partial charge in [0.25, 0.3) is 0 Å². The van der Waals surface area contributed by atoms with Crippen LogP contribution < -0.4 is 5.73 Å². The first-order chi connectivity index (χ1) is 3.85. The molecule has 0 fully saturated rings. The average Bonchev–Trinajstić information content (AvgIpc) is 1.83. The van der Waals surface area contributed by atoms with E-state index < -0.39 is 0 Å². The summed E-state index contributed by atoms with van der Waals surface area (Å²) in [5.41, 5.74) is 5.76. The molecule has 0 bridgehead atoms. The third-order valence-electron chi connectivity index (χ3n) is 0.904. The third-order valence-corrected chi connectivity index (χ3v) is 0.904. The average molecular weight is 113 g/mol. The first-order valence-electron chi connectivity index (χ1n) is 2.71. The SMILES string of the molecule is CCC/C(C=O)=C\N. The highest BCUT2D eigenvalue weighted by Gasteiger charge is 1.87. The molecule has 0 aromatic rings. The minimum absolute atomic E-state index is 0.688. The Balaban J connectivity index is 3.54. The Kier molecular flexibility index (Phi) is 3.94. The summed E-state index contributed by atoms with van der Waals surface area (Å²) in [5, 5.41) is 0. The summed E-state index contributed by atoms with van der Waals surface area (Å²) < 4.78 is 0. The number of hydrogen-bond donors (Lipinski definition) is 1. The number of aldehydes is 1. The summed E-state index contributed by atoms with van der Waals surface area (Å²) in [6.07, 6.45) is 3.92. The molecule has 0 aliphatic rings. The number of allylic oxidation sites excluding steroid dienone is 1. The van der Waals surface area contributed by atoms with Crippen LogP contribution in [0.2, 0.25) is 0 Å². The van der Waals surface area contributed by atoms with Crippen molar-refractivity contribution in [3.05, 3.63) is 11.8 Å². The molecule has 0 aromatic heterocycles. The van der Waals surface area contributed by atoms with E-state index in [-0.39, 0.29) is 0 Å². The topological polar surface area (TPSA) is 43.1 Å². The number of hydrogen-bond acceptors (Lipinski definition) is 2. The summed E-state index contributed by atoms with van der Waals surface area (Å²) in [6, 6.07) is 0. The van der Waals surface area contributed by atoms with Crippen LogP contribution in [-0.2, 0) is 4.79 Å². The highest BCUT2D eigenvalue weighted by molar-refractivity contribution is 5.72. The highest BCUT2D eigenvalue weighted by Crippen LogP contribution is 1.97. The molecule has 0 aromatic carbocycles. The molecular formula is C6H11NO. The van der Waals surface area contributed by atoms with Gasteiger partial charge >= 0.3 is 0 Å². The molecule has 0 aliphatic heterocycles. The van der Waals surface area contributed by atoms with Crippen LogP contribution in [0.1, 0.15) is 19.8 Å². The molecule has 2 N–H and O–H groups in total. The van der Waals surface area contributed by atoms with Gasteiger partial charge in [-0.25, -0.2) is 0 Å². The number of nitrogens with two attached hydrogens (primary N) is 1. The van der Waals surface area contributed by atoms with E-state index in [4.69, 9.17) is 5.73 Å². The van der Waals surface area contributed by atoms with Gasteiger partial charge in [0.1, 0.15) is 6.29 Å². The number of rotatable bonds is 3. The molecule has 46 valence electrons. The molecule has 0 radical (unpaired) electrons. The van der Waals surface area contributed by atoms with Crippen LogP contribution in [0.5, 0.6) is 0 Å². The first-order valence-corrected chi connectivity index (χ1v) is 2.71. The van der Waals surface area contributed by atoms with E-state index in [1.165, 1.54) is 6.20 Å². The van der Waals surface area contributed by atoms with Gasteiger partial charge in [-0.2, -0.15) is 0 Å². The van der Waals surface area contributed by atoms with Crippen LogP contribution in [0.3, 0.4) is 0 Å². The second-order valence-electron chi connectivity index (χ2n) is 1.61. The molecule has 8 heavy (non-hydrogen) atoms.